The Morgan fingerprint density at radius 2 is 1.84 bits per heavy atom. The Morgan fingerprint density at radius 1 is 1.04 bits per heavy atom. The predicted molar refractivity (Wildman–Crippen MR) is 104 cm³/mol. The van der Waals surface area contributed by atoms with E-state index in [1.54, 1.807) is 7.11 Å². The molecular formula is C19H25Cl2NO3. The van der Waals surface area contributed by atoms with E-state index in [0.717, 1.165) is 35.7 Å². The van der Waals surface area contributed by atoms with Gasteiger partial charge in [0.1, 0.15) is 6.61 Å². The van der Waals surface area contributed by atoms with Crippen LogP contribution in [0.2, 0.25) is 5.02 Å². The Morgan fingerprint density at radius 3 is 2.56 bits per heavy atom. The van der Waals surface area contributed by atoms with Gasteiger partial charge in [-0.1, -0.05) is 35.9 Å². The second-order valence-electron chi connectivity index (χ2n) is 5.26. The normalized spacial score (nSPS) is 10.2. The molecule has 138 valence electrons. The SMILES string of the molecule is CCOc1cc(CNCCOC)ccc1OCc1ccccc1Cl.Cl. The molecule has 0 radical (unpaired) electrons. The molecule has 1 N–H and O–H groups in total. The third-order valence-corrected chi connectivity index (χ3v) is 3.83. The van der Waals surface area contributed by atoms with Gasteiger partial charge in [-0.2, -0.15) is 0 Å². The Labute approximate surface area is 160 Å². The number of hydrogen-bond acceptors (Lipinski definition) is 4. The van der Waals surface area contributed by atoms with Crippen molar-refractivity contribution in [3.63, 3.8) is 0 Å². The fourth-order valence-corrected chi connectivity index (χ4v) is 2.42. The van der Waals surface area contributed by atoms with Gasteiger partial charge in [0, 0.05) is 30.8 Å². The topological polar surface area (TPSA) is 39.7 Å². The lowest BCUT2D eigenvalue weighted by atomic mass is 10.2. The summed E-state index contributed by atoms with van der Waals surface area (Å²) in [5, 5.41) is 4.02. The van der Waals surface area contributed by atoms with E-state index in [1.165, 1.54) is 0 Å². The quantitative estimate of drug-likeness (QED) is 0.612. The van der Waals surface area contributed by atoms with Gasteiger partial charge in [0.25, 0.3) is 0 Å². The van der Waals surface area contributed by atoms with Crippen LogP contribution in [0.3, 0.4) is 0 Å². The number of methoxy groups -OCH3 is 1. The van der Waals surface area contributed by atoms with Crippen molar-refractivity contribution in [3.05, 3.63) is 58.6 Å². The lowest BCUT2D eigenvalue weighted by molar-refractivity contribution is 0.199. The van der Waals surface area contributed by atoms with Gasteiger partial charge in [-0.25, -0.2) is 0 Å². The molecule has 0 bridgehead atoms. The van der Waals surface area contributed by atoms with Gasteiger partial charge < -0.3 is 19.5 Å². The minimum Gasteiger partial charge on any atom is -0.490 e. The first-order valence-corrected chi connectivity index (χ1v) is 8.44. The van der Waals surface area contributed by atoms with Gasteiger partial charge in [-0.15, -0.1) is 12.4 Å². The molecule has 0 aliphatic carbocycles. The van der Waals surface area contributed by atoms with Crippen molar-refractivity contribution in [2.75, 3.05) is 26.9 Å². The Balaban J connectivity index is 0.00000312. The number of rotatable bonds is 10. The average molecular weight is 386 g/mol. The standard InChI is InChI=1S/C19H24ClNO3.ClH/c1-3-23-19-12-15(13-21-10-11-22-2)8-9-18(19)24-14-16-6-4-5-7-17(16)20;/h4-9,12,21H,3,10-11,13-14H2,1-2H3;1H. The van der Waals surface area contributed by atoms with Crippen molar-refractivity contribution in [2.45, 2.75) is 20.1 Å². The van der Waals surface area contributed by atoms with Crippen molar-refractivity contribution in [1.29, 1.82) is 0 Å². The van der Waals surface area contributed by atoms with Crippen molar-refractivity contribution in [1.82, 2.24) is 5.32 Å². The van der Waals surface area contributed by atoms with E-state index in [-0.39, 0.29) is 12.4 Å². The first kappa shape index (κ1) is 21.6. The number of ether oxygens (including phenoxy) is 3. The monoisotopic (exact) mass is 385 g/mol. The summed E-state index contributed by atoms with van der Waals surface area (Å²) in [6, 6.07) is 13.6. The minimum atomic E-state index is 0. The van der Waals surface area contributed by atoms with Gasteiger partial charge in [-0.05, 0) is 30.7 Å². The molecule has 2 aromatic rings. The van der Waals surface area contributed by atoms with Gasteiger partial charge >= 0.3 is 0 Å². The lowest BCUT2D eigenvalue weighted by Crippen LogP contribution is -2.18. The molecule has 2 rings (SSSR count). The molecule has 25 heavy (non-hydrogen) atoms. The summed E-state index contributed by atoms with van der Waals surface area (Å²) >= 11 is 6.17. The second kappa shape index (κ2) is 12.0. The summed E-state index contributed by atoms with van der Waals surface area (Å²) in [6.07, 6.45) is 0. The number of nitrogens with one attached hydrogen (secondary N) is 1. The summed E-state index contributed by atoms with van der Waals surface area (Å²) in [4.78, 5) is 0. The highest BCUT2D eigenvalue weighted by Crippen LogP contribution is 2.30. The molecule has 0 unspecified atom stereocenters. The van der Waals surface area contributed by atoms with Crippen LogP contribution in [0.5, 0.6) is 11.5 Å². The zero-order valence-corrected chi connectivity index (χ0v) is 16.2. The number of benzene rings is 2. The molecule has 0 saturated heterocycles. The smallest absolute Gasteiger partial charge is 0.161 e. The summed E-state index contributed by atoms with van der Waals surface area (Å²) in [5.41, 5.74) is 2.09. The van der Waals surface area contributed by atoms with Crippen LogP contribution in [0.25, 0.3) is 0 Å². The highest BCUT2D eigenvalue weighted by atomic mass is 35.5. The van der Waals surface area contributed by atoms with Crippen LogP contribution in [0, 0.1) is 0 Å². The van der Waals surface area contributed by atoms with Crippen molar-refractivity contribution in [3.8, 4) is 11.5 Å². The van der Waals surface area contributed by atoms with E-state index in [2.05, 4.69) is 5.32 Å². The molecule has 0 fully saturated rings. The van der Waals surface area contributed by atoms with Gasteiger partial charge in [-0.3, -0.25) is 0 Å². The zero-order valence-electron chi connectivity index (χ0n) is 14.6. The molecular weight excluding hydrogens is 361 g/mol. The summed E-state index contributed by atoms with van der Waals surface area (Å²) in [6.45, 7) is 5.21. The lowest BCUT2D eigenvalue weighted by Gasteiger charge is -2.14. The van der Waals surface area contributed by atoms with Crippen LogP contribution in [0.1, 0.15) is 18.1 Å². The van der Waals surface area contributed by atoms with E-state index in [4.69, 9.17) is 25.8 Å². The van der Waals surface area contributed by atoms with E-state index < -0.39 is 0 Å². The summed E-state index contributed by atoms with van der Waals surface area (Å²) < 4.78 is 16.6. The van der Waals surface area contributed by atoms with Gasteiger partial charge in [0.05, 0.1) is 13.2 Å². The van der Waals surface area contributed by atoms with Gasteiger partial charge in [0.15, 0.2) is 11.5 Å². The van der Waals surface area contributed by atoms with Crippen LogP contribution in [-0.4, -0.2) is 26.9 Å². The molecule has 6 heteroatoms. The highest BCUT2D eigenvalue weighted by molar-refractivity contribution is 6.31. The van der Waals surface area contributed by atoms with Crippen LogP contribution in [0.4, 0.5) is 0 Å². The molecule has 0 aliphatic heterocycles. The minimum absolute atomic E-state index is 0. The Hall–Kier alpha value is -1.46. The van der Waals surface area contributed by atoms with Crippen LogP contribution in [-0.2, 0) is 17.9 Å². The first-order valence-electron chi connectivity index (χ1n) is 8.06. The number of halogens is 2. The third kappa shape index (κ3) is 7.12. The maximum absolute atomic E-state index is 6.17. The highest BCUT2D eigenvalue weighted by Gasteiger charge is 2.08. The largest absolute Gasteiger partial charge is 0.490 e. The van der Waals surface area contributed by atoms with Crippen molar-refractivity contribution < 1.29 is 14.2 Å². The summed E-state index contributed by atoms with van der Waals surface area (Å²) in [7, 11) is 1.69. The van der Waals surface area contributed by atoms with E-state index in [9.17, 15) is 0 Å². The van der Waals surface area contributed by atoms with Crippen LogP contribution < -0.4 is 14.8 Å². The molecule has 0 aliphatic rings. The predicted octanol–water partition coefficient (Wildman–Crippen LogP) is 4.48. The molecule has 0 atom stereocenters. The summed E-state index contributed by atoms with van der Waals surface area (Å²) in [5.74, 6) is 1.47. The van der Waals surface area contributed by atoms with E-state index >= 15 is 0 Å². The molecule has 0 spiro atoms. The van der Waals surface area contributed by atoms with E-state index in [1.807, 2.05) is 49.4 Å². The maximum Gasteiger partial charge on any atom is 0.161 e. The molecule has 2 aromatic carbocycles. The molecule has 4 nitrogen and oxygen atoms in total. The van der Waals surface area contributed by atoms with Gasteiger partial charge in [0.2, 0.25) is 0 Å². The number of hydrogen-bond donors (Lipinski definition) is 1. The van der Waals surface area contributed by atoms with Crippen LogP contribution in [0.15, 0.2) is 42.5 Å². The third-order valence-electron chi connectivity index (χ3n) is 3.46. The average Bonchev–Trinajstić information content (AvgIpc) is 2.59. The fraction of sp³-hybridized carbons (Fsp3) is 0.368. The zero-order chi connectivity index (χ0) is 17.2. The first-order chi connectivity index (χ1) is 11.7. The van der Waals surface area contributed by atoms with E-state index in [0.29, 0.717) is 24.8 Å². The van der Waals surface area contributed by atoms with Crippen molar-refractivity contribution in [2.24, 2.45) is 0 Å². The Kier molecular flexibility index (Phi) is 10.3. The maximum atomic E-state index is 6.17. The van der Waals surface area contributed by atoms with Crippen molar-refractivity contribution >= 4 is 24.0 Å². The Bertz CT molecular complexity index is 638. The molecule has 0 amide bonds. The fourth-order valence-electron chi connectivity index (χ4n) is 2.23. The molecule has 0 saturated carbocycles. The molecule has 0 aromatic heterocycles. The molecule has 0 heterocycles. The second-order valence-corrected chi connectivity index (χ2v) is 5.67. The van der Waals surface area contributed by atoms with Crippen LogP contribution >= 0.6 is 24.0 Å².